The first-order chi connectivity index (χ1) is 12.7. The van der Waals surface area contributed by atoms with Gasteiger partial charge in [-0.1, -0.05) is 29.8 Å². The maximum Gasteiger partial charge on any atom is 0.191 e. The van der Waals surface area contributed by atoms with Gasteiger partial charge in [0.2, 0.25) is 0 Å². The maximum absolute atomic E-state index is 13.8. The van der Waals surface area contributed by atoms with Crippen molar-refractivity contribution in [3.05, 3.63) is 64.5 Å². The predicted octanol–water partition coefficient (Wildman–Crippen LogP) is 2.91. The summed E-state index contributed by atoms with van der Waals surface area (Å²) in [6.07, 6.45) is 0.630. The van der Waals surface area contributed by atoms with E-state index in [0.717, 1.165) is 16.9 Å². The molecule has 3 rings (SSSR count). The Hall–Kier alpha value is -2.60. The summed E-state index contributed by atoms with van der Waals surface area (Å²) in [5.41, 5.74) is 4.02. The Morgan fingerprint density at radius 3 is 2.77 bits per heavy atom. The first-order valence-corrected chi connectivity index (χ1v) is 8.67. The van der Waals surface area contributed by atoms with Crippen LogP contribution >= 0.6 is 0 Å². The van der Waals surface area contributed by atoms with Crippen LogP contribution in [0.5, 0.6) is 5.75 Å². The van der Waals surface area contributed by atoms with Crippen LogP contribution in [-0.4, -0.2) is 26.3 Å². The van der Waals surface area contributed by atoms with Gasteiger partial charge in [0.05, 0.1) is 6.61 Å². The third-order valence-corrected chi connectivity index (χ3v) is 4.24. The highest BCUT2D eigenvalue weighted by atomic mass is 19.1. The monoisotopic (exact) mass is 357 g/mol. The number of benzene rings is 2. The van der Waals surface area contributed by atoms with Crippen LogP contribution in [0.25, 0.3) is 0 Å². The first-order valence-electron chi connectivity index (χ1n) is 8.67. The summed E-state index contributed by atoms with van der Waals surface area (Å²) in [5.74, 6) is 1.18. The molecule has 0 aromatic heterocycles. The van der Waals surface area contributed by atoms with Gasteiger partial charge in [-0.3, -0.25) is 4.99 Å². The quantitative estimate of drug-likeness (QED) is 0.638. The average molecular weight is 357 g/mol. The van der Waals surface area contributed by atoms with Crippen molar-refractivity contribution in [2.45, 2.75) is 26.5 Å². The minimum atomic E-state index is -0.269. The number of aryl methyl sites for hydroxylation is 1. The Bertz CT molecular complexity index is 775. The molecule has 0 bridgehead atoms. The molecule has 1 heterocycles. The smallest absolute Gasteiger partial charge is 0.191 e. The summed E-state index contributed by atoms with van der Waals surface area (Å²) >= 11 is 0. The van der Waals surface area contributed by atoms with Gasteiger partial charge in [0.15, 0.2) is 12.8 Å². The van der Waals surface area contributed by atoms with Crippen molar-refractivity contribution in [1.29, 1.82) is 0 Å². The van der Waals surface area contributed by atoms with E-state index in [0.29, 0.717) is 32.1 Å². The van der Waals surface area contributed by atoms with Crippen molar-refractivity contribution in [2.24, 2.45) is 4.99 Å². The number of ether oxygens (including phenoxy) is 2. The van der Waals surface area contributed by atoms with Crippen LogP contribution in [0.15, 0.2) is 41.4 Å². The van der Waals surface area contributed by atoms with Gasteiger partial charge in [-0.15, -0.1) is 0 Å². The Morgan fingerprint density at radius 2 is 2.00 bits per heavy atom. The fourth-order valence-corrected chi connectivity index (χ4v) is 2.87. The van der Waals surface area contributed by atoms with Gasteiger partial charge in [0.1, 0.15) is 11.6 Å². The molecule has 0 amide bonds. The summed E-state index contributed by atoms with van der Waals surface area (Å²) in [4.78, 5) is 4.23. The molecule has 6 heteroatoms. The van der Waals surface area contributed by atoms with Crippen LogP contribution in [0.1, 0.15) is 22.3 Å². The molecule has 0 fully saturated rings. The molecule has 5 nitrogen and oxygen atoms in total. The van der Waals surface area contributed by atoms with Crippen LogP contribution in [-0.2, 0) is 24.3 Å². The fourth-order valence-electron chi connectivity index (χ4n) is 2.87. The number of guanidine groups is 1. The number of halogens is 1. The molecular weight excluding hydrogens is 333 g/mol. The number of rotatable bonds is 5. The van der Waals surface area contributed by atoms with Crippen LogP contribution in [0.3, 0.4) is 0 Å². The summed E-state index contributed by atoms with van der Waals surface area (Å²) in [7, 11) is 1.73. The standard InChI is InChI=1S/C20H24FN3O2/c1-14-3-5-15(6-4-14)11-24-20(22-2)23-8-7-16-9-18(21)10-17-12-25-13-26-19(16)17/h3-6,9-10H,7-8,11-13H2,1-2H3,(H2,22,23,24). The lowest BCUT2D eigenvalue weighted by Crippen LogP contribution is -2.37. The molecule has 0 spiro atoms. The molecule has 0 saturated carbocycles. The van der Waals surface area contributed by atoms with Crippen LogP contribution in [0.2, 0.25) is 0 Å². The molecule has 2 aromatic carbocycles. The zero-order chi connectivity index (χ0) is 18.4. The highest BCUT2D eigenvalue weighted by Crippen LogP contribution is 2.29. The third kappa shape index (κ3) is 4.73. The molecule has 2 N–H and O–H groups in total. The molecule has 0 aliphatic carbocycles. The average Bonchev–Trinajstić information content (AvgIpc) is 2.65. The minimum Gasteiger partial charge on any atom is -0.467 e. The van der Waals surface area contributed by atoms with Crippen LogP contribution in [0, 0.1) is 12.7 Å². The molecule has 1 aliphatic heterocycles. The highest BCUT2D eigenvalue weighted by molar-refractivity contribution is 5.79. The Labute approximate surface area is 153 Å². The number of hydrogen-bond donors (Lipinski definition) is 2. The van der Waals surface area contributed by atoms with E-state index < -0.39 is 0 Å². The Balaban J connectivity index is 1.53. The lowest BCUT2D eigenvalue weighted by atomic mass is 10.1. The van der Waals surface area contributed by atoms with E-state index in [1.54, 1.807) is 7.05 Å². The Kier molecular flexibility index (Phi) is 6.07. The van der Waals surface area contributed by atoms with Gasteiger partial charge >= 0.3 is 0 Å². The van der Waals surface area contributed by atoms with Gasteiger partial charge in [-0.2, -0.15) is 0 Å². The number of nitrogens with zero attached hydrogens (tertiary/aromatic N) is 1. The molecular formula is C20H24FN3O2. The SMILES string of the molecule is CN=C(NCCc1cc(F)cc2c1OCOC2)NCc1ccc(C)cc1. The van der Waals surface area contributed by atoms with Crippen molar-refractivity contribution in [3.63, 3.8) is 0 Å². The largest absolute Gasteiger partial charge is 0.467 e. The second-order valence-electron chi connectivity index (χ2n) is 6.25. The molecule has 0 unspecified atom stereocenters. The van der Waals surface area contributed by atoms with Gasteiger partial charge in [-0.05, 0) is 36.6 Å². The van der Waals surface area contributed by atoms with Gasteiger partial charge < -0.3 is 20.1 Å². The zero-order valence-electron chi connectivity index (χ0n) is 15.1. The third-order valence-electron chi connectivity index (χ3n) is 4.24. The van der Waals surface area contributed by atoms with E-state index in [1.165, 1.54) is 23.3 Å². The highest BCUT2D eigenvalue weighted by Gasteiger charge is 2.16. The second kappa shape index (κ2) is 8.67. The molecule has 1 aliphatic rings. The lowest BCUT2D eigenvalue weighted by molar-refractivity contribution is -0.0172. The number of aliphatic imine (C=N–C) groups is 1. The fraction of sp³-hybridized carbons (Fsp3) is 0.350. The number of nitrogens with one attached hydrogen (secondary N) is 2. The zero-order valence-corrected chi connectivity index (χ0v) is 15.1. The lowest BCUT2D eigenvalue weighted by Gasteiger charge is -2.21. The number of fused-ring (bicyclic) bond motifs is 1. The van der Waals surface area contributed by atoms with Gasteiger partial charge in [-0.25, -0.2) is 4.39 Å². The summed E-state index contributed by atoms with van der Waals surface area (Å²) in [6.45, 7) is 3.97. The molecule has 0 radical (unpaired) electrons. The van der Waals surface area contributed by atoms with Crippen molar-refractivity contribution in [1.82, 2.24) is 10.6 Å². The minimum absolute atomic E-state index is 0.207. The van der Waals surface area contributed by atoms with E-state index in [1.807, 2.05) is 0 Å². The van der Waals surface area contributed by atoms with E-state index in [9.17, 15) is 4.39 Å². The van der Waals surface area contributed by atoms with Crippen molar-refractivity contribution in [2.75, 3.05) is 20.4 Å². The number of hydrogen-bond acceptors (Lipinski definition) is 3. The maximum atomic E-state index is 13.8. The topological polar surface area (TPSA) is 54.9 Å². The van der Waals surface area contributed by atoms with Gasteiger partial charge in [0, 0.05) is 25.7 Å². The van der Waals surface area contributed by atoms with E-state index >= 15 is 0 Å². The van der Waals surface area contributed by atoms with Crippen LogP contribution < -0.4 is 15.4 Å². The molecule has 26 heavy (non-hydrogen) atoms. The summed E-state index contributed by atoms with van der Waals surface area (Å²) in [5, 5.41) is 6.53. The van der Waals surface area contributed by atoms with Crippen molar-refractivity contribution in [3.8, 4) is 5.75 Å². The second-order valence-corrected chi connectivity index (χ2v) is 6.25. The van der Waals surface area contributed by atoms with Crippen molar-refractivity contribution < 1.29 is 13.9 Å². The van der Waals surface area contributed by atoms with Gasteiger partial charge in [0.25, 0.3) is 0 Å². The Morgan fingerprint density at radius 1 is 1.19 bits per heavy atom. The molecule has 2 aromatic rings. The van der Waals surface area contributed by atoms with E-state index in [-0.39, 0.29) is 12.6 Å². The summed E-state index contributed by atoms with van der Waals surface area (Å²) < 4.78 is 24.5. The molecule has 0 atom stereocenters. The van der Waals surface area contributed by atoms with E-state index in [2.05, 4.69) is 46.8 Å². The first kappa shape index (κ1) is 18.2. The normalized spacial score (nSPS) is 13.7. The van der Waals surface area contributed by atoms with E-state index in [4.69, 9.17) is 9.47 Å². The van der Waals surface area contributed by atoms with Crippen molar-refractivity contribution >= 4 is 5.96 Å². The molecule has 0 saturated heterocycles. The molecule has 138 valence electrons. The predicted molar refractivity (Wildman–Crippen MR) is 99.8 cm³/mol. The summed E-state index contributed by atoms with van der Waals surface area (Å²) in [6, 6.07) is 11.3. The van der Waals surface area contributed by atoms with Crippen LogP contribution in [0.4, 0.5) is 4.39 Å².